The summed E-state index contributed by atoms with van der Waals surface area (Å²) >= 11 is 1.60. The maximum Gasteiger partial charge on any atom is 0.251 e. The Hall–Kier alpha value is -1.85. The molecule has 126 valence electrons. The molecule has 1 amide bonds. The fourth-order valence-electron chi connectivity index (χ4n) is 2.98. The second kappa shape index (κ2) is 8.31. The summed E-state index contributed by atoms with van der Waals surface area (Å²) in [7, 11) is 2.14. The molecule has 1 aliphatic rings. The summed E-state index contributed by atoms with van der Waals surface area (Å²) in [6, 6.07) is 13.6. The van der Waals surface area contributed by atoms with Gasteiger partial charge in [-0.2, -0.15) is 0 Å². The smallest absolute Gasteiger partial charge is 0.251 e. The van der Waals surface area contributed by atoms with E-state index in [1.54, 1.807) is 18.0 Å². The van der Waals surface area contributed by atoms with Crippen LogP contribution in [-0.4, -0.2) is 42.5 Å². The van der Waals surface area contributed by atoms with E-state index in [9.17, 15) is 4.79 Å². The molecule has 1 atom stereocenters. The van der Waals surface area contributed by atoms with Crippen LogP contribution >= 0.6 is 11.8 Å². The lowest BCUT2D eigenvalue weighted by molar-refractivity contribution is 0.0937. The van der Waals surface area contributed by atoms with Crippen LogP contribution in [0.1, 0.15) is 23.2 Å². The third kappa shape index (κ3) is 4.82. The number of nitrogens with one attached hydrogen (secondary N) is 1. The predicted octanol–water partition coefficient (Wildman–Crippen LogP) is 3.30. The first-order chi connectivity index (χ1) is 11.7. The molecule has 1 aromatic heterocycles. The molecule has 1 aromatic carbocycles. The van der Waals surface area contributed by atoms with Crippen molar-refractivity contribution in [3.05, 3.63) is 54.2 Å². The highest BCUT2D eigenvalue weighted by Gasteiger charge is 2.18. The number of aromatic nitrogens is 1. The van der Waals surface area contributed by atoms with Crippen LogP contribution in [0.5, 0.6) is 0 Å². The SMILES string of the molecule is CN1CCCC(CNC(=O)c2ccc(Sc3ccccn3)cc2)C1. The van der Waals surface area contributed by atoms with Crippen molar-refractivity contribution in [1.29, 1.82) is 0 Å². The highest BCUT2D eigenvalue weighted by atomic mass is 32.2. The van der Waals surface area contributed by atoms with Crippen LogP contribution in [0, 0.1) is 5.92 Å². The van der Waals surface area contributed by atoms with Crippen LogP contribution in [0.25, 0.3) is 0 Å². The van der Waals surface area contributed by atoms with E-state index in [4.69, 9.17) is 0 Å². The van der Waals surface area contributed by atoms with Crippen LogP contribution in [0.15, 0.2) is 58.6 Å². The summed E-state index contributed by atoms with van der Waals surface area (Å²) in [5.74, 6) is 0.573. The van der Waals surface area contributed by atoms with Gasteiger partial charge in [-0.15, -0.1) is 0 Å². The minimum Gasteiger partial charge on any atom is -0.352 e. The van der Waals surface area contributed by atoms with Gasteiger partial charge in [0.25, 0.3) is 5.91 Å². The second-order valence-electron chi connectivity index (χ2n) is 6.27. The first-order valence-corrected chi connectivity index (χ1v) is 9.18. The van der Waals surface area contributed by atoms with Crippen LogP contribution in [-0.2, 0) is 0 Å². The molecule has 0 radical (unpaired) electrons. The van der Waals surface area contributed by atoms with Gasteiger partial charge >= 0.3 is 0 Å². The van der Waals surface area contributed by atoms with Crippen molar-refractivity contribution in [2.24, 2.45) is 5.92 Å². The van der Waals surface area contributed by atoms with Gasteiger partial charge in [0.1, 0.15) is 5.03 Å². The van der Waals surface area contributed by atoms with Crippen molar-refractivity contribution in [1.82, 2.24) is 15.2 Å². The molecule has 0 aliphatic carbocycles. The normalized spacial score (nSPS) is 18.3. The van der Waals surface area contributed by atoms with Crippen molar-refractivity contribution in [3.63, 3.8) is 0 Å². The van der Waals surface area contributed by atoms with Crippen molar-refractivity contribution in [2.45, 2.75) is 22.8 Å². The zero-order chi connectivity index (χ0) is 16.8. The minimum atomic E-state index is 0.0117. The zero-order valence-corrected chi connectivity index (χ0v) is 14.8. The van der Waals surface area contributed by atoms with E-state index in [0.717, 1.165) is 23.0 Å². The first kappa shape index (κ1) is 17.0. The molecule has 3 rings (SSSR count). The fourth-order valence-corrected chi connectivity index (χ4v) is 3.76. The molecule has 0 bridgehead atoms. The Morgan fingerprint density at radius 2 is 2.12 bits per heavy atom. The van der Waals surface area contributed by atoms with E-state index in [0.29, 0.717) is 11.5 Å². The minimum absolute atomic E-state index is 0.0117. The van der Waals surface area contributed by atoms with E-state index in [1.807, 2.05) is 42.5 Å². The van der Waals surface area contributed by atoms with E-state index in [2.05, 4.69) is 22.2 Å². The quantitative estimate of drug-likeness (QED) is 0.906. The second-order valence-corrected chi connectivity index (χ2v) is 7.37. The van der Waals surface area contributed by atoms with Crippen molar-refractivity contribution >= 4 is 17.7 Å². The lowest BCUT2D eigenvalue weighted by atomic mass is 9.98. The predicted molar refractivity (Wildman–Crippen MR) is 97.4 cm³/mol. The summed E-state index contributed by atoms with van der Waals surface area (Å²) in [4.78, 5) is 20.0. The average Bonchev–Trinajstić information content (AvgIpc) is 2.61. The Morgan fingerprint density at radius 3 is 2.83 bits per heavy atom. The summed E-state index contributed by atoms with van der Waals surface area (Å²) < 4.78 is 0. The number of nitrogens with zero attached hydrogens (tertiary/aromatic N) is 2. The van der Waals surface area contributed by atoms with Gasteiger partial charge in [0.2, 0.25) is 0 Å². The molecule has 1 saturated heterocycles. The largest absolute Gasteiger partial charge is 0.352 e. The molecule has 5 heteroatoms. The van der Waals surface area contributed by atoms with Crippen LogP contribution in [0.4, 0.5) is 0 Å². The number of carbonyl (C=O) groups is 1. The molecular formula is C19H23N3OS. The standard InChI is InChI=1S/C19H23N3OS/c1-22-12-4-5-15(14-22)13-21-19(23)16-7-9-17(10-8-16)24-18-6-2-3-11-20-18/h2-3,6-11,15H,4-5,12-14H2,1H3,(H,21,23). The maximum absolute atomic E-state index is 12.3. The van der Waals surface area contributed by atoms with Gasteiger partial charge in [-0.05, 0) is 68.8 Å². The molecule has 2 heterocycles. The molecule has 2 aromatic rings. The lowest BCUT2D eigenvalue weighted by Crippen LogP contribution is -2.39. The topological polar surface area (TPSA) is 45.2 Å². The van der Waals surface area contributed by atoms with Gasteiger partial charge in [0.15, 0.2) is 0 Å². The van der Waals surface area contributed by atoms with Gasteiger partial charge in [-0.25, -0.2) is 4.98 Å². The van der Waals surface area contributed by atoms with Crippen molar-refractivity contribution in [2.75, 3.05) is 26.7 Å². The summed E-state index contributed by atoms with van der Waals surface area (Å²) in [6.45, 7) is 2.99. The number of hydrogen-bond acceptors (Lipinski definition) is 4. The van der Waals surface area contributed by atoms with Gasteiger partial charge in [0, 0.05) is 29.7 Å². The Morgan fingerprint density at radius 1 is 1.29 bits per heavy atom. The third-order valence-corrected chi connectivity index (χ3v) is 5.21. The lowest BCUT2D eigenvalue weighted by Gasteiger charge is -2.29. The summed E-state index contributed by atoms with van der Waals surface area (Å²) in [5.41, 5.74) is 0.713. The number of pyridine rings is 1. The van der Waals surface area contributed by atoms with Crippen LogP contribution in [0.3, 0.4) is 0 Å². The fraction of sp³-hybridized carbons (Fsp3) is 0.368. The maximum atomic E-state index is 12.3. The van der Waals surface area contributed by atoms with E-state index in [1.165, 1.54) is 19.4 Å². The van der Waals surface area contributed by atoms with Gasteiger partial charge in [-0.1, -0.05) is 17.8 Å². The van der Waals surface area contributed by atoms with E-state index >= 15 is 0 Å². The van der Waals surface area contributed by atoms with Gasteiger partial charge in [-0.3, -0.25) is 4.79 Å². The summed E-state index contributed by atoms with van der Waals surface area (Å²) in [5, 5.41) is 4.03. The molecule has 24 heavy (non-hydrogen) atoms. The van der Waals surface area contributed by atoms with E-state index in [-0.39, 0.29) is 5.91 Å². The molecule has 1 unspecified atom stereocenters. The number of hydrogen-bond donors (Lipinski definition) is 1. The number of carbonyl (C=O) groups excluding carboxylic acids is 1. The van der Waals surface area contributed by atoms with Crippen molar-refractivity contribution < 1.29 is 4.79 Å². The molecule has 1 N–H and O–H groups in total. The molecular weight excluding hydrogens is 318 g/mol. The molecule has 1 fully saturated rings. The van der Waals surface area contributed by atoms with Crippen molar-refractivity contribution in [3.8, 4) is 0 Å². The van der Waals surface area contributed by atoms with Crippen LogP contribution in [0.2, 0.25) is 0 Å². The molecule has 1 aliphatic heterocycles. The number of rotatable bonds is 5. The monoisotopic (exact) mass is 341 g/mol. The van der Waals surface area contributed by atoms with Crippen LogP contribution < -0.4 is 5.32 Å². The highest BCUT2D eigenvalue weighted by molar-refractivity contribution is 7.99. The first-order valence-electron chi connectivity index (χ1n) is 8.36. The van der Waals surface area contributed by atoms with Gasteiger partial charge in [0.05, 0.1) is 0 Å². The number of benzene rings is 1. The average molecular weight is 341 g/mol. The number of likely N-dealkylation sites (tertiary alicyclic amines) is 1. The summed E-state index contributed by atoms with van der Waals surface area (Å²) in [6.07, 6.45) is 4.20. The zero-order valence-electron chi connectivity index (χ0n) is 13.9. The van der Waals surface area contributed by atoms with Gasteiger partial charge < -0.3 is 10.2 Å². The molecule has 0 saturated carbocycles. The Kier molecular flexibility index (Phi) is 5.88. The third-order valence-electron chi connectivity index (χ3n) is 4.25. The number of amides is 1. The molecule has 0 spiro atoms. The highest BCUT2D eigenvalue weighted by Crippen LogP contribution is 2.25. The Balaban J connectivity index is 1.52. The Labute approximate surface area is 147 Å². The molecule has 4 nitrogen and oxygen atoms in total. The Bertz CT molecular complexity index is 660. The number of piperidine rings is 1. The van der Waals surface area contributed by atoms with E-state index < -0.39 is 0 Å².